The van der Waals surface area contributed by atoms with Gasteiger partial charge in [-0.2, -0.15) is 0 Å². The maximum atomic E-state index is 6.31. The van der Waals surface area contributed by atoms with Crippen LogP contribution in [0.4, 0.5) is 5.69 Å². The monoisotopic (exact) mass is 305 g/mol. The molecule has 0 bridgehead atoms. The Morgan fingerprint density at radius 2 is 2.22 bits per heavy atom. The smallest absolute Gasteiger partial charge is 0.139 e. The lowest BCUT2D eigenvalue weighted by Gasteiger charge is -2.39. The lowest BCUT2D eigenvalue weighted by Crippen LogP contribution is -2.51. The van der Waals surface area contributed by atoms with Crippen LogP contribution in [0.15, 0.2) is 34.3 Å². The second-order valence-electron chi connectivity index (χ2n) is 5.62. The molecule has 2 nitrogen and oxygen atoms in total. The molecule has 18 heavy (non-hydrogen) atoms. The van der Waals surface area contributed by atoms with Gasteiger partial charge in [-0.25, -0.2) is 0 Å². The van der Waals surface area contributed by atoms with Crippen LogP contribution in [0.2, 0.25) is 0 Å². The van der Waals surface area contributed by atoms with Crippen molar-refractivity contribution in [2.45, 2.75) is 30.9 Å². The highest BCUT2D eigenvalue weighted by Crippen LogP contribution is 2.64. The number of fused-ring (bicyclic) bond motifs is 1. The Morgan fingerprint density at radius 1 is 1.39 bits per heavy atom. The molecule has 1 fully saturated rings. The molecule has 1 saturated heterocycles. The fourth-order valence-electron chi connectivity index (χ4n) is 4.27. The van der Waals surface area contributed by atoms with E-state index in [4.69, 9.17) is 4.74 Å². The third kappa shape index (κ3) is 0.937. The molecule has 3 aliphatic rings. The number of halogens is 1. The third-order valence-electron chi connectivity index (χ3n) is 5.13. The number of ether oxygens (including phenoxy) is 1. The van der Waals surface area contributed by atoms with Crippen LogP contribution < -0.4 is 4.90 Å². The second kappa shape index (κ2) is 3.20. The minimum atomic E-state index is -0.194. The first-order chi connectivity index (χ1) is 8.62. The highest BCUT2D eigenvalue weighted by Gasteiger charge is 2.67. The Bertz CT molecular complexity index is 582. The zero-order valence-corrected chi connectivity index (χ0v) is 12.3. The van der Waals surface area contributed by atoms with E-state index in [-0.39, 0.29) is 11.1 Å². The van der Waals surface area contributed by atoms with Crippen LogP contribution in [-0.4, -0.2) is 19.2 Å². The first-order valence-corrected chi connectivity index (χ1v) is 7.26. The van der Waals surface area contributed by atoms with Crippen molar-refractivity contribution >= 4 is 21.6 Å². The first-order valence-electron chi connectivity index (χ1n) is 6.47. The average Bonchev–Trinajstić information content (AvgIpc) is 2.92. The largest absolute Gasteiger partial charge is 0.365 e. The molecule has 1 aromatic carbocycles. The van der Waals surface area contributed by atoms with Crippen molar-refractivity contribution in [2.24, 2.45) is 0 Å². The number of likely N-dealkylation sites (N-methyl/N-ethyl adjacent to an activating group) is 1. The number of anilines is 1. The van der Waals surface area contributed by atoms with E-state index >= 15 is 0 Å². The highest BCUT2D eigenvalue weighted by atomic mass is 79.9. The Hall–Kier alpha value is -0.800. The standard InChI is InChI=1S/C15H16BrNO/c1-10-5-6-14-7-8-18-15(10,14)12-9-11(16)3-4-13(12)17(14)2/h3-5,9H,6-8H2,1-2H3. The molecule has 2 unspecified atom stereocenters. The molecule has 0 radical (unpaired) electrons. The summed E-state index contributed by atoms with van der Waals surface area (Å²) in [5.74, 6) is 0. The zero-order valence-electron chi connectivity index (χ0n) is 10.7. The van der Waals surface area contributed by atoms with Crippen molar-refractivity contribution in [1.82, 2.24) is 0 Å². The maximum absolute atomic E-state index is 6.31. The third-order valence-corrected chi connectivity index (χ3v) is 5.63. The van der Waals surface area contributed by atoms with Gasteiger partial charge in [0.2, 0.25) is 0 Å². The predicted molar refractivity (Wildman–Crippen MR) is 75.9 cm³/mol. The van der Waals surface area contributed by atoms with Crippen LogP contribution in [-0.2, 0) is 10.3 Å². The van der Waals surface area contributed by atoms with Gasteiger partial charge >= 0.3 is 0 Å². The van der Waals surface area contributed by atoms with Crippen LogP contribution >= 0.6 is 15.9 Å². The Morgan fingerprint density at radius 3 is 3.06 bits per heavy atom. The highest BCUT2D eigenvalue weighted by molar-refractivity contribution is 9.10. The summed E-state index contributed by atoms with van der Waals surface area (Å²) in [6.07, 6.45) is 4.57. The van der Waals surface area contributed by atoms with E-state index < -0.39 is 0 Å². The quantitative estimate of drug-likeness (QED) is 0.679. The van der Waals surface area contributed by atoms with Crippen LogP contribution in [0.1, 0.15) is 25.3 Å². The van der Waals surface area contributed by atoms with E-state index in [0.717, 1.165) is 23.9 Å². The molecule has 1 aromatic rings. The molecule has 0 N–H and O–H groups in total. The summed E-state index contributed by atoms with van der Waals surface area (Å²) in [6, 6.07) is 6.57. The van der Waals surface area contributed by atoms with Gasteiger partial charge in [-0.3, -0.25) is 0 Å². The number of nitrogens with zero attached hydrogens (tertiary/aromatic N) is 1. The van der Waals surface area contributed by atoms with Crippen LogP contribution in [0.5, 0.6) is 0 Å². The molecule has 0 saturated carbocycles. The normalized spacial score (nSPS) is 36.4. The molecular formula is C15H16BrNO. The summed E-state index contributed by atoms with van der Waals surface area (Å²) in [7, 11) is 2.22. The summed E-state index contributed by atoms with van der Waals surface area (Å²) in [5, 5.41) is 0. The van der Waals surface area contributed by atoms with Crippen molar-refractivity contribution in [3.05, 3.63) is 39.9 Å². The van der Waals surface area contributed by atoms with Gasteiger partial charge in [-0.05, 0) is 43.5 Å². The van der Waals surface area contributed by atoms with Gasteiger partial charge in [0.25, 0.3) is 0 Å². The van der Waals surface area contributed by atoms with E-state index in [9.17, 15) is 0 Å². The zero-order chi connectivity index (χ0) is 12.5. The average molecular weight is 306 g/mol. The molecule has 0 spiro atoms. The number of benzene rings is 1. The van der Waals surface area contributed by atoms with Gasteiger partial charge in [-0.15, -0.1) is 0 Å². The van der Waals surface area contributed by atoms with E-state index in [1.807, 2.05) is 0 Å². The fraction of sp³-hybridized carbons (Fsp3) is 0.467. The van der Waals surface area contributed by atoms with Gasteiger partial charge in [0, 0.05) is 22.8 Å². The van der Waals surface area contributed by atoms with Gasteiger partial charge in [0.05, 0.1) is 12.1 Å². The second-order valence-corrected chi connectivity index (χ2v) is 6.54. The lowest BCUT2D eigenvalue weighted by atomic mass is 9.77. The summed E-state index contributed by atoms with van der Waals surface area (Å²) in [6.45, 7) is 3.08. The summed E-state index contributed by atoms with van der Waals surface area (Å²) < 4.78 is 7.45. The molecule has 2 atom stereocenters. The van der Waals surface area contributed by atoms with E-state index in [0.29, 0.717) is 0 Å². The first kappa shape index (κ1) is 11.1. The molecule has 94 valence electrons. The fourth-order valence-corrected chi connectivity index (χ4v) is 4.63. The van der Waals surface area contributed by atoms with Gasteiger partial charge in [-0.1, -0.05) is 22.0 Å². The minimum absolute atomic E-state index is 0.125. The number of hydrogen-bond donors (Lipinski definition) is 0. The molecular weight excluding hydrogens is 290 g/mol. The van der Waals surface area contributed by atoms with Crippen molar-refractivity contribution in [1.29, 1.82) is 0 Å². The van der Waals surface area contributed by atoms with Crippen molar-refractivity contribution in [3.63, 3.8) is 0 Å². The maximum Gasteiger partial charge on any atom is 0.139 e. The van der Waals surface area contributed by atoms with E-state index in [2.05, 4.69) is 59.1 Å². The summed E-state index contributed by atoms with van der Waals surface area (Å²) >= 11 is 3.60. The minimum Gasteiger partial charge on any atom is -0.365 e. The van der Waals surface area contributed by atoms with Crippen LogP contribution in [0.25, 0.3) is 0 Å². The lowest BCUT2D eigenvalue weighted by molar-refractivity contribution is 0.0129. The molecule has 4 rings (SSSR count). The molecule has 3 heteroatoms. The van der Waals surface area contributed by atoms with E-state index in [1.54, 1.807) is 0 Å². The van der Waals surface area contributed by atoms with Crippen LogP contribution in [0.3, 0.4) is 0 Å². The van der Waals surface area contributed by atoms with Gasteiger partial charge < -0.3 is 9.64 Å². The van der Waals surface area contributed by atoms with Crippen LogP contribution in [0, 0.1) is 0 Å². The molecule has 0 aromatic heterocycles. The Balaban J connectivity index is 2.07. The summed E-state index contributed by atoms with van der Waals surface area (Å²) in [4.78, 5) is 2.45. The van der Waals surface area contributed by atoms with Crippen molar-refractivity contribution < 1.29 is 4.74 Å². The topological polar surface area (TPSA) is 12.5 Å². The van der Waals surface area contributed by atoms with Crippen molar-refractivity contribution in [2.75, 3.05) is 18.6 Å². The van der Waals surface area contributed by atoms with Gasteiger partial charge in [0.1, 0.15) is 5.60 Å². The van der Waals surface area contributed by atoms with Gasteiger partial charge in [0.15, 0.2) is 0 Å². The predicted octanol–water partition coefficient (Wildman–Crippen LogP) is 3.60. The Labute approximate surface area is 116 Å². The molecule has 2 aliphatic heterocycles. The van der Waals surface area contributed by atoms with E-state index in [1.165, 1.54) is 16.8 Å². The Kier molecular flexibility index (Phi) is 1.97. The molecule has 0 amide bonds. The SMILES string of the molecule is CC1=CCC23CCOC12c1cc(Br)ccc1N3C. The summed E-state index contributed by atoms with van der Waals surface area (Å²) in [5.41, 5.74) is 3.97. The number of hydrogen-bond acceptors (Lipinski definition) is 2. The van der Waals surface area contributed by atoms with Crippen molar-refractivity contribution in [3.8, 4) is 0 Å². The molecule has 2 heterocycles. The molecule has 1 aliphatic carbocycles. The number of rotatable bonds is 0.